The summed E-state index contributed by atoms with van der Waals surface area (Å²) in [6.07, 6.45) is 6.55. The molecule has 2 aliphatic rings. The summed E-state index contributed by atoms with van der Waals surface area (Å²) in [6.45, 7) is 8.03. The van der Waals surface area contributed by atoms with Crippen LogP contribution in [0.4, 0.5) is 0 Å². The third-order valence-corrected chi connectivity index (χ3v) is 6.63. The van der Waals surface area contributed by atoms with Gasteiger partial charge in [0.2, 0.25) is 0 Å². The number of allylic oxidation sites excluding steroid dienone is 1. The van der Waals surface area contributed by atoms with E-state index in [1.165, 1.54) is 5.57 Å². The van der Waals surface area contributed by atoms with E-state index in [2.05, 4.69) is 13.5 Å². The molecule has 2 rings (SSSR count). The summed E-state index contributed by atoms with van der Waals surface area (Å²) in [5.41, 5.74) is 0.533. The van der Waals surface area contributed by atoms with Gasteiger partial charge in [-0.2, -0.15) is 0 Å². The minimum atomic E-state index is -0.671. The fourth-order valence-electron chi connectivity index (χ4n) is 5.32. The Labute approximate surface area is 139 Å². The topological polar surface area (TPSA) is 74.6 Å². The van der Waals surface area contributed by atoms with Gasteiger partial charge in [-0.15, -0.1) is 0 Å². The second kappa shape index (κ2) is 6.76. The molecule has 4 unspecified atom stereocenters. The average molecular weight is 322 g/mol. The fourth-order valence-corrected chi connectivity index (χ4v) is 5.32. The SMILES string of the molecule is C=C1CCC2C(C)(C(=O)O)CCCC2(C)C1CCCC(=O)CO. The summed E-state index contributed by atoms with van der Waals surface area (Å²) in [4.78, 5) is 23.2. The Hall–Kier alpha value is -1.16. The molecular formula is C19H30O4. The van der Waals surface area contributed by atoms with Gasteiger partial charge in [-0.3, -0.25) is 9.59 Å². The zero-order chi connectivity index (χ0) is 17.3. The molecule has 0 aliphatic heterocycles. The molecule has 0 aromatic heterocycles. The lowest BCUT2D eigenvalue weighted by Crippen LogP contribution is -2.53. The molecule has 2 N–H and O–H groups in total. The highest BCUT2D eigenvalue weighted by Crippen LogP contribution is 2.61. The summed E-state index contributed by atoms with van der Waals surface area (Å²) in [7, 11) is 0. The minimum Gasteiger partial charge on any atom is -0.481 e. The summed E-state index contributed by atoms with van der Waals surface area (Å²) in [5, 5.41) is 18.6. The van der Waals surface area contributed by atoms with Gasteiger partial charge in [0.1, 0.15) is 6.61 Å². The lowest BCUT2D eigenvalue weighted by atomic mass is 9.46. The molecule has 0 spiro atoms. The van der Waals surface area contributed by atoms with Crippen LogP contribution in [0.5, 0.6) is 0 Å². The molecular weight excluding hydrogens is 292 g/mol. The second-order valence-electron chi connectivity index (χ2n) is 7.97. The van der Waals surface area contributed by atoms with E-state index >= 15 is 0 Å². The van der Waals surface area contributed by atoms with Crippen molar-refractivity contribution in [2.24, 2.45) is 22.7 Å². The smallest absolute Gasteiger partial charge is 0.309 e. The number of carbonyl (C=O) groups is 2. The van der Waals surface area contributed by atoms with Crippen molar-refractivity contribution < 1.29 is 19.8 Å². The Kier molecular flexibility index (Phi) is 5.34. The predicted molar refractivity (Wildman–Crippen MR) is 89.0 cm³/mol. The Morgan fingerprint density at radius 1 is 1.30 bits per heavy atom. The molecule has 2 saturated carbocycles. The molecule has 4 atom stereocenters. The number of hydrogen-bond acceptors (Lipinski definition) is 3. The van der Waals surface area contributed by atoms with Gasteiger partial charge in [-0.25, -0.2) is 0 Å². The van der Waals surface area contributed by atoms with Crippen LogP contribution < -0.4 is 0 Å². The number of ketones is 1. The number of aliphatic hydroxyl groups is 1. The van der Waals surface area contributed by atoms with E-state index in [1.807, 2.05) is 6.92 Å². The number of carboxylic acids is 1. The van der Waals surface area contributed by atoms with E-state index in [1.54, 1.807) is 0 Å². The number of fused-ring (bicyclic) bond motifs is 1. The molecule has 0 heterocycles. The average Bonchev–Trinajstić information content (AvgIpc) is 2.49. The van der Waals surface area contributed by atoms with Crippen molar-refractivity contribution in [1.29, 1.82) is 0 Å². The molecule has 0 saturated heterocycles. The molecule has 4 heteroatoms. The number of aliphatic hydroxyl groups excluding tert-OH is 1. The van der Waals surface area contributed by atoms with E-state index in [-0.39, 0.29) is 29.6 Å². The molecule has 23 heavy (non-hydrogen) atoms. The zero-order valence-corrected chi connectivity index (χ0v) is 14.4. The van der Waals surface area contributed by atoms with Crippen molar-refractivity contribution in [1.82, 2.24) is 0 Å². The highest BCUT2D eigenvalue weighted by molar-refractivity contribution is 5.79. The number of rotatable bonds is 6. The van der Waals surface area contributed by atoms with Gasteiger partial charge in [-0.05, 0) is 62.7 Å². The van der Waals surface area contributed by atoms with Crippen molar-refractivity contribution in [2.75, 3.05) is 6.61 Å². The van der Waals surface area contributed by atoms with Crippen LogP contribution in [-0.4, -0.2) is 28.6 Å². The van der Waals surface area contributed by atoms with Crippen LogP contribution in [0.2, 0.25) is 0 Å². The van der Waals surface area contributed by atoms with Crippen LogP contribution in [0.25, 0.3) is 0 Å². The molecule has 0 aromatic rings. The van der Waals surface area contributed by atoms with Gasteiger partial charge in [0.15, 0.2) is 5.78 Å². The van der Waals surface area contributed by atoms with Crippen molar-refractivity contribution in [3.05, 3.63) is 12.2 Å². The summed E-state index contributed by atoms with van der Waals surface area (Å²) >= 11 is 0. The third-order valence-electron chi connectivity index (χ3n) is 6.63. The molecule has 2 fully saturated rings. The molecule has 0 amide bonds. The van der Waals surface area contributed by atoms with Crippen molar-refractivity contribution >= 4 is 11.8 Å². The number of aliphatic carboxylic acids is 1. The van der Waals surface area contributed by atoms with Gasteiger partial charge in [0.05, 0.1) is 5.41 Å². The molecule has 0 bridgehead atoms. The maximum absolute atomic E-state index is 11.9. The third kappa shape index (κ3) is 3.23. The monoisotopic (exact) mass is 322 g/mol. The van der Waals surface area contributed by atoms with Crippen LogP contribution in [0, 0.1) is 22.7 Å². The fraction of sp³-hybridized carbons (Fsp3) is 0.789. The van der Waals surface area contributed by atoms with Gasteiger partial charge in [0, 0.05) is 6.42 Å². The van der Waals surface area contributed by atoms with Crippen LogP contribution in [0.15, 0.2) is 12.2 Å². The van der Waals surface area contributed by atoms with Crippen LogP contribution in [0.3, 0.4) is 0 Å². The largest absolute Gasteiger partial charge is 0.481 e. The van der Waals surface area contributed by atoms with Crippen molar-refractivity contribution in [3.8, 4) is 0 Å². The number of Topliss-reactive ketones (excluding diaryl/α,β-unsaturated/α-hetero) is 1. The minimum absolute atomic E-state index is 0.0387. The first-order valence-electron chi connectivity index (χ1n) is 8.79. The molecule has 0 aromatic carbocycles. The Bertz CT molecular complexity index is 498. The van der Waals surface area contributed by atoms with Crippen molar-refractivity contribution in [2.45, 2.75) is 65.2 Å². The van der Waals surface area contributed by atoms with Gasteiger partial charge >= 0.3 is 5.97 Å². The van der Waals surface area contributed by atoms with Crippen LogP contribution >= 0.6 is 0 Å². The van der Waals surface area contributed by atoms with E-state index in [9.17, 15) is 14.7 Å². The van der Waals surface area contributed by atoms with Crippen LogP contribution in [-0.2, 0) is 9.59 Å². The maximum Gasteiger partial charge on any atom is 0.309 e. The van der Waals surface area contributed by atoms with E-state index in [0.717, 1.165) is 44.9 Å². The number of hydrogen-bond donors (Lipinski definition) is 2. The predicted octanol–water partition coefficient (Wildman–Crippen LogP) is 3.58. The first kappa shape index (κ1) is 18.2. The van der Waals surface area contributed by atoms with Gasteiger partial charge in [-0.1, -0.05) is 25.5 Å². The molecule has 130 valence electrons. The molecule has 4 nitrogen and oxygen atoms in total. The quantitative estimate of drug-likeness (QED) is 0.733. The lowest BCUT2D eigenvalue weighted by molar-refractivity contribution is -0.164. The summed E-state index contributed by atoms with van der Waals surface area (Å²) in [5.74, 6) is -0.334. The standard InChI is InChI=1S/C19H30O4/c1-13-8-9-16-18(2,10-5-11-19(16,3)17(22)23)15(13)7-4-6-14(21)12-20/h15-16,20H,1,4-12H2,2-3H3,(H,22,23). The number of carbonyl (C=O) groups excluding carboxylic acids is 1. The Morgan fingerprint density at radius 2 is 2.00 bits per heavy atom. The maximum atomic E-state index is 11.9. The van der Waals surface area contributed by atoms with E-state index < -0.39 is 11.4 Å². The normalized spacial score (nSPS) is 37.3. The van der Waals surface area contributed by atoms with Crippen molar-refractivity contribution in [3.63, 3.8) is 0 Å². The Morgan fingerprint density at radius 3 is 2.61 bits per heavy atom. The summed E-state index contributed by atoms with van der Waals surface area (Å²) < 4.78 is 0. The molecule has 2 aliphatic carbocycles. The second-order valence-corrected chi connectivity index (χ2v) is 7.97. The zero-order valence-electron chi connectivity index (χ0n) is 14.4. The van der Waals surface area contributed by atoms with Gasteiger partial charge < -0.3 is 10.2 Å². The molecule has 0 radical (unpaired) electrons. The van der Waals surface area contributed by atoms with Gasteiger partial charge in [0.25, 0.3) is 0 Å². The van der Waals surface area contributed by atoms with Crippen LogP contribution in [0.1, 0.15) is 65.2 Å². The number of carboxylic acid groups (broad SMARTS) is 1. The van der Waals surface area contributed by atoms with E-state index in [4.69, 9.17) is 5.11 Å². The van der Waals surface area contributed by atoms with E-state index in [0.29, 0.717) is 6.42 Å². The highest BCUT2D eigenvalue weighted by Gasteiger charge is 2.57. The first-order chi connectivity index (χ1) is 10.8. The lowest BCUT2D eigenvalue weighted by Gasteiger charge is -2.57. The highest BCUT2D eigenvalue weighted by atomic mass is 16.4. The Balaban J connectivity index is 2.19. The summed E-state index contributed by atoms with van der Waals surface area (Å²) in [6, 6.07) is 0. The first-order valence-corrected chi connectivity index (χ1v) is 8.79.